The Morgan fingerprint density at radius 1 is 0.435 bits per heavy atom. The van der Waals surface area contributed by atoms with Gasteiger partial charge in [0.05, 0.1) is 0 Å². The van der Waals surface area contributed by atoms with Crippen LogP contribution in [0.4, 0.5) is 0 Å². The van der Waals surface area contributed by atoms with Crippen molar-refractivity contribution in [3.05, 3.63) is 260 Å². The van der Waals surface area contributed by atoms with E-state index in [1.165, 1.54) is 22.1 Å². The van der Waals surface area contributed by atoms with Crippen molar-refractivity contribution in [3.8, 4) is 0 Å². The number of hydrogen-bond acceptors (Lipinski definition) is 6. The van der Waals surface area contributed by atoms with Crippen LogP contribution in [0.3, 0.4) is 0 Å². The van der Waals surface area contributed by atoms with Crippen molar-refractivity contribution in [3.63, 3.8) is 0 Å². The summed E-state index contributed by atoms with van der Waals surface area (Å²) in [4.78, 5) is 27.0. The molecule has 8 aromatic carbocycles. The Hall–Kier alpha value is -5.43. The second kappa shape index (κ2) is 20.6. The first kappa shape index (κ1) is 46.1. The molecule has 8 rings (SSSR count). The van der Waals surface area contributed by atoms with E-state index in [0.29, 0.717) is 21.5 Å². The fourth-order valence-electron chi connectivity index (χ4n) is 7.57. The molecular formula is C52H42AgClO6P2. The third-order valence-corrected chi connectivity index (χ3v) is 20.8. The van der Waals surface area contributed by atoms with Crippen LogP contribution in [0.15, 0.2) is 243 Å². The number of carbonyl (C=O) groups excluding carboxylic acids is 2. The Labute approximate surface area is 380 Å². The van der Waals surface area contributed by atoms with Gasteiger partial charge in [0.15, 0.2) is 5.78 Å². The van der Waals surface area contributed by atoms with Crippen molar-refractivity contribution in [1.82, 2.24) is 0 Å². The predicted octanol–water partition coefficient (Wildman–Crippen LogP) is 6.05. The summed E-state index contributed by atoms with van der Waals surface area (Å²) in [7, 11) is -4.95. The molecule has 0 atom stereocenters. The fraction of sp³-hybridized carbons (Fsp3) is 0. The number of hydrogen-bond donors (Lipinski definition) is 0. The van der Waals surface area contributed by atoms with Gasteiger partial charge in [0.2, 0.25) is 0 Å². The Bertz CT molecular complexity index is 2510. The average molecular weight is 968 g/mol. The molecule has 0 heterocycles. The molecule has 6 nitrogen and oxygen atoms in total. The third-order valence-electron chi connectivity index (χ3n) is 10.3. The zero-order valence-electron chi connectivity index (χ0n) is 33.3. The largest absolute Gasteiger partial charge is 1.00 e. The molecule has 314 valence electrons. The van der Waals surface area contributed by atoms with Crippen LogP contribution in [0.2, 0.25) is 0 Å². The topological polar surface area (TPSA) is 113 Å². The summed E-state index contributed by atoms with van der Waals surface area (Å²) in [6.45, 7) is -7.02. The van der Waals surface area contributed by atoms with Crippen LogP contribution in [-0.4, -0.2) is 17.4 Å². The minimum absolute atomic E-state index is 0. The molecule has 0 bridgehead atoms. The fourth-order valence-corrected chi connectivity index (χ4v) is 18.1. The molecule has 0 unspecified atom stereocenters. The molecule has 0 N–H and O–H groups in total. The van der Waals surface area contributed by atoms with Gasteiger partial charge >= 0.3 is 217 Å². The van der Waals surface area contributed by atoms with Crippen molar-refractivity contribution < 1.29 is 60.3 Å². The SMILES string of the molecule is O=C(C=P(c1ccccc1)(c1ccccc1)c1ccccc1)c1ccccc1.O=C([CH-]P(O[Cl+3]([O-])([O-])[O-])(c1ccccc1)(c1ccccc1)c1ccccc1)c1ccccc1.[Ag+]. The summed E-state index contributed by atoms with van der Waals surface area (Å²) in [6, 6.07) is 75.0. The first-order valence-electron chi connectivity index (χ1n) is 19.4. The second-order valence-corrected chi connectivity index (χ2v) is 22.6. The van der Waals surface area contributed by atoms with E-state index in [2.05, 4.69) is 72.8 Å². The molecule has 0 aliphatic heterocycles. The quantitative estimate of drug-likeness (QED) is 0.0603. The van der Waals surface area contributed by atoms with Crippen LogP contribution < -0.4 is 45.8 Å². The summed E-state index contributed by atoms with van der Waals surface area (Å²) in [5, 5.41) is 4.77. The van der Waals surface area contributed by atoms with E-state index in [1.54, 1.807) is 121 Å². The van der Waals surface area contributed by atoms with Crippen molar-refractivity contribution >= 4 is 62.9 Å². The number of benzene rings is 8. The smallest absolute Gasteiger partial charge is 1.00 e. The van der Waals surface area contributed by atoms with Gasteiger partial charge in [-0.2, -0.15) is 0 Å². The van der Waals surface area contributed by atoms with Crippen LogP contribution >= 0.6 is 13.7 Å². The van der Waals surface area contributed by atoms with Gasteiger partial charge in [0.1, 0.15) is 0 Å². The first-order valence-corrected chi connectivity index (χ1v) is 24.7. The number of halogens is 1. The molecule has 8 aromatic rings. The number of ketones is 2. The standard InChI is InChI=1S/C26H21ClO5P.C26H21OP.Ag/c28-26(22-13-5-1-6-14-22)21-33(32-27(29,30)31,23-15-7-2-8-16-23,24-17-9-3-10-18-24)25-19-11-4-12-20-25;27-26(22-13-5-1-6-14-22)21-28(23-15-7-2-8-16-23,24-17-9-3-10-18-24)25-19-11-4-12-20-25;/h1-21H;1-21H;/q-1;;+1. The van der Waals surface area contributed by atoms with Crippen LogP contribution in [0.1, 0.15) is 20.7 Å². The van der Waals surface area contributed by atoms with Gasteiger partial charge in [-0.1, -0.05) is 121 Å². The van der Waals surface area contributed by atoms with Gasteiger partial charge in [-0.15, -0.1) is 0 Å². The average Bonchev–Trinajstić information content (AvgIpc) is 3.32. The monoisotopic (exact) mass is 966 g/mol. The predicted molar refractivity (Wildman–Crippen MR) is 243 cm³/mol. The van der Waals surface area contributed by atoms with E-state index >= 15 is 0 Å². The molecule has 0 amide bonds. The molecule has 0 spiro atoms. The van der Waals surface area contributed by atoms with E-state index in [-0.39, 0.29) is 28.2 Å². The van der Waals surface area contributed by atoms with E-state index in [9.17, 15) is 23.6 Å². The molecule has 0 saturated carbocycles. The summed E-state index contributed by atoms with van der Waals surface area (Å²) >= 11 is 0. The van der Waals surface area contributed by atoms with Gasteiger partial charge in [-0.3, -0.25) is 4.79 Å². The number of rotatable bonds is 13. The van der Waals surface area contributed by atoms with Gasteiger partial charge in [-0.25, -0.2) is 0 Å². The maximum Gasteiger partial charge on any atom is 1.00 e. The summed E-state index contributed by atoms with van der Waals surface area (Å²) in [6.07, 6.45) is 1.31. The molecule has 0 aromatic heterocycles. The zero-order valence-corrected chi connectivity index (χ0v) is 37.3. The summed E-state index contributed by atoms with van der Waals surface area (Å²) < 4.78 is 42.9. The number of carbonyl (C=O) groups is 2. The van der Waals surface area contributed by atoms with Crippen molar-refractivity contribution in [2.45, 2.75) is 0 Å². The van der Waals surface area contributed by atoms with Crippen molar-refractivity contribution in [2.24, 2.45) is 0 Å². The Kier molecular flexibility index (Phi) is 15.3. The van der Waals surface area contributed by atoms with Crippen LogP contribution in [0.25, 0.3) is 0 Å². The van der Waals surface area contributed by atoms with Crippen LogP contribution in [-0.2, 0) is 26.5 Å². The Morgan fingerprint density at radius 3 is 1.02 bits per heavy atom. The first-order chi connectivity index (χ1) is 29.7. The van der Waals surface area contributed by atoms with Crippen molar-refractivity contribution in [2.75, 3.05) is 0 Å². The van der Waals surface area contributed by atoms with Gasteiger partial charge < -0.3 is 0 Å². The van der Waals surface area contributed by atoms with E-state index in [0.717, 1.165) is 5.56 Å². The van der Waals surface area contributed by atoms with Gasteiger partial charge in [0, 0.05) is 5.56 Å². The minimum Gasteiger partial charge on any atom is 1.00 e. The minimum atomic E-state index is -4.95. The van der Waals surface area contributed by atoms with E-state index in [1.807, 2.05) is 54.3 Å². The maximum absolute atomic E-state index is 13.7. The molecule has 10 heteroatoms. The molecule has 0 aliphatic carbocycles. The Balaban J connectivity index is 0.000000206. The van der Waals surface area contributed by atoms with Crippen LogP contribution in [0, 0.1) is 16.4 Å². The van der Waals surface area contributed by atoms with E-state index < -0.39 is 29.7 Å². The Morgan fingerprint density at radius 2 is 0.710 bits per heavy atom. The number of Topliss-reactive ketones (excluding diaryl/α,β-unsaturated/α-hetero) is 2. The van der Waals surface area contributed by atoms with Gasteiger partial charge in [0.25, 0.3) is 0 Å². The normalized spacial score (nSPS) is 11.9. The van der Waals surface area contributed by atoms with E-state index in [4.69, 9.17) is 4.08 Å². The molecular weight excluding hydrogens is 926 g/mol. The third kappa shape index (κ3) is 9.78. The molecule has 0 saturated heterocycles. The molecule has 0 fully saturated rings. The zero-order chi connectivity index (χ0) is 42.6. The van der Waals surface area contributed by atoms with Crippen LogP contribution in [0.5, 0.6) is 0 Å². The molecule has 62 heavy (non-hydrogen) atoms. The summed E-state index contributed by atoms with van der Waals surface area (Å²) in [5.41, 5.74) is 1.06. The summed E-state index contributed by atoms with van der Waals surface area (Å²) in [5.74, 6) is 1.58. The second-order valence-electron chi connectivity index (χ2n) is 14.0. The maximum atomic E-state index is 13.7. The van der Waals surface area contributed by atoms with Gasteiger partial charge in [-0.05, 0) is 28.6 Å². The van der Waals surface area contributed by atoms with Crippen molar-refractivity contribution in [1.29, 1.82) is 0 Å². The molecule has 0 radical (unpaired) electrons. The molecule has 0 aliphatic rings.